The highest BCUT2D eigenvalue weighted by atomic mass is 35.5. The number of urea groups is 1. The fraction of sp³-hybridized carbons (Fsp3) is 0.310. The Morgan fingerprint density at radius 1 is 0.946 bits per heavy atom. The van der Waals surface area contributed by atoms with E-state index in [4.69, 9.17) is 21.1 Å². The van der Waals surface area contributed by atoms with E-state index >= 15 is 0 Å². The first kappa shape index (κ1) is 28.0. The van der Waals surface area contributed by atoms with Gasteiger partial charge in [-0.25, -0.2) is 9.59 Å². The fourth-order valence-corrected chi connectivity index (χ4v) is 4.00. The SMILES string of the molecule is CCOC(Cc1ccc(OCCN(CCCc2ccccc2)C(=O)Nc2ccccc2Cl)cc1)C(=O)O. The van der Waals surface area contributed by atoms with Crippen LogP contribution >= 0.6 is 11.6 Å². The molecule has 1 atom stereocenters. The van der Waals surface area contributed by atoms with E-state index in [0.29, 0.717) is 42.8 Å². The molecule has 0 spiro atoms. The van der Waals surface area contributed by atoms with E-state index in [1.807, 2.05) is 42.5 Å². The summed E-state index contributed by atoms with van der Waals surface area (Å²) in [4.78, 5) is 26.1. The average molecular weight is 525 g/mol. The molecule has 7 nitrogen and oxygen atoms in total. The van der Waals surface area contributed by atoms with Gasteiger partial charge in [0.2, 0.25) is 0 Å². The van der Waals surface area contributed by atoms with Gasteiger partial charge in [-0.05, 0) is 55.2 Å². The number of carboxylic acids is 1. The molecule has 1 unspecified atom stereocenters. The summed E-state index contributed by atoms with van der Waals surface area (Å²) in [6.07, 6.45) is 1.07. The van der Waals surface area contributed by atoms with Crippen molar-refractivity contribution in [1.29, 1.82) is 0 Å². The van der Waals surface area contributed by atoms with Crippen LogP contribution in [-0.4, -0.2) is 54.4 Å². The van der Waals surface area contributed by atoms with Crippen LogP contribution in [0, 0.1) is 0 Å². The maximum Gasteiger partial charge on any atom is 0.333 e. The van der Waals surface area contributed by atoms with Crippen molar-refractivity contribution in [2.45, 2.75) is 32.3 Å². The van der Waals surface area contributed by atoms with Crippen LogP contribution in [0.2, 0.25) is 5.02 Å². The molecule has 0 fully saturated rings. The normalized spacial score (nSPS) is 11.5. The Kier molecular flexibility index (Phi) is 11.3. The minimum Gasteiger partial charge on any atom is -0.492 e. The zero-order valence-electron chi connectivity index (χ0n) is 20.9. The molecule has 3 aromatic carbocycles. The molecular weight excluding hydrogens is 492 g/mol. The molecule has 2 N–H and O–H groups in total. The van der Waals surface area contributed by atoms with E-state index in [-0.39, 0.29) is 12.5 Å². The number of hydrogen-bond donors (Lipinski definition) is 2. The molecule has 0 radical (unpaired) electrons. The van der Waals surface area contributed by atoms with Gasteiger partial charge < -0.3 is 24.8 Å². The Hall–Kier alpha value is -3.55. The summed E-state index contributed by atoms with van der Waals surface area (Å²) < 4.78 is 11.2. The van der Waals surface area contributed by atoms with Crippen molar-refractivity contribution in [3.8, 4) is 5.75 Å². The third-order valence-corrected chi connectivity index (χ3v) is 6.09. The van der Waals surface area contributed by atoms with Crippen molar-refractivity contribution in [3.63, 3.8) is 0 Å². The zero-order valence-corrected chi connectivity index (χ0v) is 21.7. The van der Waals surface area contributed by atoms with E-state index in [9.17, 15) is 14.7 Å². The molecular formula is C29H33ClN2O5. The Morgan fingerprint density at radius 3 is 2.32 bits per heavy atom. The molecule has 0 bridgehead atoms. The van der Waals surface area contributed by atoms with Gasteiger partial charge in [-0.15, -0.1) is 0 Å². The van der Waals surface area contributed by atoms with Crippen LogP contribution in [0.1, 0.15) is 24.5 Å². The lowest BCUT2D eigenvalue weighted by Gasteiger charge is -2.23. The Balaban J connectivity index is 1.56. The lowest BCUT2D eigenvalue weighted by atomic mass is 10.1. The second kappa shape index (κ2) is 14.9. The predicted molar refractivity (Wildman–Crippen MR) is 145 cm³/mol. The summed E-state index contributed by atoms with van der Waals surface area (Å²) in [5.41, 5.74) is 2.63. The largest absolute Gasteiger partial charge is 0.492 e. The van der Waals surface area contributed by atoms with Gasteiger partial charge in [0, 0.05) is 19.6 Å². The molecule has 2 amide bonds. The summed E-state index contributed by atoms with van der Waals surface area (Å²) in [6.45, 7) is 3.35. The van der Waals surface area contributed by atoms with Crippen molar-refractivity contribution in [1.82, 2.24) is 4.90 Å². The van der Waals surface area contributed by atoms with Gasteiger partial charge in [-0.2, -0.15) is 0 Å². The van der Waals surface area contributed by atoms with Gasteiger partial charge >= 0.3 is 12.0 Å². The number of rotatable bonds is 14. The molecule has 0 saturated heterocycles. The molecule has 0 aliphatic heterocycles. The molecule has 3 rings (SSSR count). The number of benzene rings is 3. The van der Waals surface area contributed by atoms with E-state index in [1.54, 1.807) is 36.1 Å². The molecule has 8 heteroatoms. The number of carbonyl (C=O) groups is 2. The number of para-hydroxylation sites is 1. The standard InChI is InChI=1S/C29H33ClN2O5/c1-2-36-27(28(33)34)21-23-14-16-24(17-15-23)37-20-19-32(18-8-11-22-9-4-3-5-10-22)29(35)31-26-13-7-6-12-25(26)30/h3-7,9-10,12-17,27H,2,8,11,18-21H2,1H3,(H,31,35)(H,33,34). The molecule has 37 heavy (non-hydrogen) atoms. The molecule has 0 saturated carbocycles. The van der Waals surface area contributed by atoms with Crippen LogP contribution in [0.15, 0.2) is 78.9 Å². The third-order valence-electron chi connectivity index (χ3n) is 5.76. The van der Waals surface area contributed by atoms with E-state index in [1.165, 1.54) is 5.56 Å². The van der Waals surface area contributed by atoms with Gasteiger partial charge in [0.1, 0.15) is 12.4 Å². The minimum atomic E-state index is -0.982. The van der Waals surface area contributed by atoms with E-state index in [0.717, 1.165) is 18.4 Å². The van der Waals surface area contributed by atoms with Crippen molar-refractivity contribution in [2.24, 2.45) is 0 Å². The number of amides is 2. The van der Waals surface area contributed by atoms with Crippen LogP contribution in [0.3, 0.4) is 0 Å². The van der Waals surface area contributed by atoms with Gasteiger partial charge in [-0.3, -0.25) is 0 Å². The van der Waals surface area contributed by atoms with Crippen molar-refractivity contribution in [2.75, 3.05) is 31.6 Å². The number of aliphatic carboxylic acids is 1. The number of carboxylic acid groups (broad SMARTS) is 1. The third kappa shape index (κ3) is 9.44. The number of nitrogens with zero attached hydrogens (tertiary/aromatic N) is 1. The van der Waals surface area contributed by atoms with E-state index < -0.39 is 12.1 Å². The van der Waals surface area contributed by atoms with E-state index in [2.05, 4.69) is 17.4 Å². The fourth-order valence-electron chi connectivity index (χ4n) is 3.82. The first-order chi connectivity index (χ1) is 18.0. The Bertz CT molecular complexity index is 1120. The summed E-state index contributed by atoms with van der Waals surface area (Å²) >= 11 is 6.22. The topological polar surface area (TPSA) is 88.1 Å². The minimum absolute atomic E-state index is 0.240. The second-order valence-electron chi connectivity index (χ2n) is 8.46. The Morgan fingerprint density at radius 2 is 1.65 bits per heavy atom. The monoisotopic (exact) mass is 524 g/mol. The quantitative estimate of drug-likeness (QED) is 0.273. The highest BCUT2D eigenvalue weighted by Crippen LogP contribution is 2.21. The van der Waals surface area contributed by atoms with Crippen LogP contribution in [0.5, 0.6) is 5.75 Å². The van der Waals surface area contributed by atoms with Crippen LogP contribution in [-0.2, 0) is 22.4 Å². The second-order valence-corrected chi connectivity index (χ2v) is 8.87. The van der Waals surface area contributed by atoms with Crippen LogP contribution in [0.25, 0.3) is 0 Å². The number of nitrogens with one attached hydrogen (secondary N) is 1. The highest BCUT2D eigenvalue weighted by Gasteiger charge is 2.18. The van der Waals surface area contributed by atoms with Crippen molar-refractivity contribution in [3.05, 3.63) is 95.0 Å². The molecule has 196 valence electrons. The smallest absolute Gasteiger partial charge is 0.333 e. The summed E-state index contributed by atoms with van der Waals surface area (Å²) in [5, 5.41) is 12.6. The number of carbonyl (C=O) groups excluding carboxylic acids is 1. The predicted octanol–water partition coefficient (Wildman–Crippen LogP) is 5.92. The summed E-state index contributed by atoms with van der Waals surface area (Å²) in [6, 6.07) is 24.3. The number of aryl methyl sites for hydroxylation is 1. The lowest BCUT2D eigenvalue weighted by molar-refractivity contribution is -0.149. The molecule has 0 aliphatic carbocycles. The Labute approximate surface area is 223 Å². The maximum atomic E-state index is 13.0. The number of ether oxygens (including phenoxy) is 2. The molecule has 3 aromatic rings. The van der Waals surface area contributed by atoms with Crippen molar-refractivity contribution >= 4 is 29.3 Å². The van der Waals surface area contributed by atoms with Gasteiger partial charge in [0.05, 0.1) is 17.3 Å². The first-order valence-electron chi connectivity index (χ1n) is 12.4. The highest BCUT2D eigenvalue weighted by molar-refractivity contribution is 6.33. The van der Waals surface area contributed by atoms with Gasteiger partial charge in [0.15, 0.2) is 6.10 Å². The summed E-state index contributed by atoms with van der Waals surface area (Å²) in [5.74, 6) is -0.340. The van der Waals surface area contributed by atoms with Crippen LogP contribution < -0.4 is 10.1 Å². The zero-order chi connectivity index (χ0) is 26.5. The van der Waals surface area contributed by atoms with Crippen LogP contribution in [0.4, 0.5) is 10.5 Å². The molecule has 0 aromatic heterocycles. The van der Waals surface area contributed by atoms with Gasteiger partial charge in [0.25, 0.3) is 0 Å². The molecule has 0 aliphatic rings. The summed E-state index contributed by atoms with van der Waals surface area (Å²) in [7, 11) is 0. The lowest BCUT2D eigenvalue weighted by Crippen LogP contribution is -2.38. The molecule has 0 heterocycles. The number of anilines is 1. The number of hydrogen-bond acceptors (Lipinski definition) is 4. The maximum absolute atomic E-state index is 13.0. The number of halogens is 1. The first-order valence-corrected chi connectivity index (χ1v) is 12.7. The van der Waals surface area contributed by atoms with Crippen molar-refractivity contribution < 1.29 is 24.2 Å². The van der Waals surface area contributed by atoms with Gasteiger partial charge in [-0.1, -0.05) is 66.2 Å². The average Bonchev–Trinajstić information content (AvgIpc) is 2.90.